The maximum Gasteiger partial charge on any atom is 0.349 e. The molecular weight excluding hydrogens is 294 g/mol. The highest BCUT2D eigenvalue weighted by atomic mass is 35.5. The molecular formula is C10H14ClN3O4S. The first kappa shape index (κ1) is 15.7. The molecule has 0 atom stereocenters. The summed E-state index contributed by atoms with van der Waals surface area (Å²) < 4.78 is 4.81. The van der Waals surface area contributed by atoms with Crippen LogP contribution in [0.3, 0.4) is 0 Å². The van der Waals surface area contributed by atoms with Crippen molar-refractivity contribution < 1.29 is 19.4 Å². The Bertz CT molecular complexity index is 466. The van der Waals surface area contributed by atoms with Gasteiger partial charge in [0.25, 0.3) is 0 Å². The fourth-order valence-corrected chi connectivity index (χ4v) is 2.30. The number of carbonyl (C=O) groups is 2. The van der Waals surface area contributed by atoms with E-state index in [1.54, 1.807) is 14.2 Å². The Morgan fingerprint density at radius 3 is 2.79 bits per heavy atom. The molecule has 0 saturated heterocycles. The number of carboxylic acids is 1. The second-order valence-electron chi connectivity index (χ2n) is 3.62. The third-order valence-corrected chi connectivity index (χ3v) is 3.65. The van der Waals surface area contributed by atoms with Gasteiger partial charge in [0.05, 0.1) is 13.2 Å². The second kappa shape index (κ2) is 7.27. The van der Waals surface area contributed by atoms with E-state index in [4.69, 9.17) is 21.4 Å². The number of nitrogens with one attached hydrogen (secondary N) is 1. The summed E-state index contributed by atoms with van der Waals surface area (Å²) >= 11 is 6.62. The molecule has 1 heterocycles. The monoisotopic (exact) mass is 307 g/mol. The number of carbonyl (C=O) groups excluding carboxylic acids is 1. The van der Waals surface area contributed by atoms with Crippen molar-refractivity contribution in [2.45, 2.75) is 0 Å². The van der Waals surface area contributed by atoms with Crippen molar-refractivity contribution in [3.05, 3.63) is 10.0 Å². The average Bonchev–Trinajstić information content (AvgIpc) is 2.72. The van der Waals surface area contributed by atoms with Gasteiger partial charge in [-0.25, -0.2) is 9.78 Å². The lowest BCUT2D eigenvalue weighted by molar-refractivity contribution is -0.119. The zero-order chi connectivity index (χ0) is 14.4. The number of thiazole rings is 1. The largest absolute Gasteiger partial charge is 0.477 e. The number of anilines is 1. The molecule has 0 fully saturated rings. The van der Waals surface area contributed by atoms with Crippen LogP contribution in [0.5, 0.6) is 0 Å². The second-order valence-corrected chi connectivity index (χ2v) is 4.96. The molecule has 7 nitrogen and oxygen atoms in total. The van der Waals surface area contributed by atoms with Gasteiger partial charge in [-0.1, -0.05) is 22.9 Å². The number of likely N-dealkylation sites (N-methyl/N-ethyl adjacent to an activating group) is 1. The van der Waals surface area contributed by atoms with Crippen LogP contribution in [-0.4, -0.2) is 55.8 Å². The van der Waals surface area contributed by atoms with Gasteiger partial charge >= 0.3 is 5.97 Å². The van der Waals surface area contributed by atoms with E-state index in [0.29, 0.717) is 18.3 Å². The Morgan fingerprint density at radius 2 is 2.26 bits per heavy atom. The Labute approximate surface area is 119 Å². The minimum atomic E-state index is -1.13. The van der Waals surface area contributed by atoms with Crippen LogP contribution < -0.4 is 10.2 Å². The number of halogens is 1. The molecule has 0 aliphatic rings. The predicted molar refractivity (Wildman–Crippen MR) is 72.2 cm³/mol. The Kier molecular flexibility index (Phi) is 6.00. The van der Waals surface area contributed by atoms with Gasteiger partial charge in [0.2, 0.25) is 5.91 Å². The van der Waals surface area contributed by atoms with Gasteiger partial charge in [-0.15, -0.1) is 0 Å². The molecule has 106 valence electrons. The van der Waals surface area contributed by atoms with E-state index in [2.05, 4.69) is 10.3 Å². The van der Waals surface area contributed by atoms with Gasteiger partial charge in [0, 0.05) is 20.7 Å². The van der Waals surface area contributed by atoms with Crippen molar-refractivity contribution in [2.75, 3.05) is 38.8 Å². The normalized spacial score (nSPS) is 10.3. The molecule has 0 spiro atoms. The lowest BCUT2D eigenvalue weighted by atomic mass is 10.5. The van der Waals surface area contributed by atoms with Crippen LogP contribution in [0.15, 0.2) is 0 Å². The summed E-state index contributed by atoms with van der Waals surface area (Å²) in [5.74, 6) is -1.34. The van der Waals surface area contributed by atoms with Crippen molar-refractivity contribution >= 4 is 39.9 Å². The summed E-state index contributed by atoms with van der Waals surface area (Å²) in [6.45, 7) is 0.913. The minimum Gasteiger partial charge on any atom is -0.477 e. The van der Waals surface area contributed by atoms with Crippen LogP contribution in [0.1, 0.15) is 9.67 Å². The number of aromatic nitrogens is 1. The van der Waals surface area contributed by atoms with Gasteiger partial charge in [0.15, 0.2) is 15.2 Å². The molecule has 1 amide bonds. The first-order valence-electron chi connectivity index (χ1n) is 5.32. The topological polar surface area (TPSA) is 91.8 Å². The van der Waals surface area contributed by atoms with Crippen molar-refractivity contribution in [3.63, 3.8) is 0 Å². The number of hydrogen-bond acceptors (Lipinski definition) is 6. The Balaban J connectivity index is 2.58. The molecule has 1 rings (SSSR count). The van der Waals surface area contributed by atoms with E-state index in [1.807, 2.05) is 0 Å². The van der Waals surface area contributed by atoms with E-state index in [9.17, 15) is 9.59 Å². The SMILES string of the molecule is COCCNC(=O)CN(C)c1nc(Cl)c(C(=O)O)s1. The highest BCUT2D eigenvalue weighted by Gasteiger charge is 2.18. The number of ether oxygens (including phenoxy) is 1. The summed E-state index contributed by atoms with van der Waals surface area (Å²) in [5.41, 5.74) is 0. The molecule has 0 bridgehead atoms. The van der Waals surface area contributed by atoms with Gasteiger partial charge < -0.3 is 20.1 Å². The standard InChI is InChI=1S/C10H14ClN3O4S/c1-14(5-6(15)12-3-4-18-2)10-13-8(11)7(19-10)9(16)17/h3-5H2,1-2H3,(H,12,15)(H,16,17). The molecule has 0 saturated carbocycles. The zero-order valence-electron chi connectivity index (χ0n) is 10.5. The highest BCUT2D eigenvalue weighted by molar-refractivity contribution is 7.18. The summed E-state index contributed by atoms with van der Waals surface area (Å²) in [7, 11) is 3.18. The van der Waals surface area contributed by atoms with E-state index in [-0.39, 0.29) is 22.5 Å². The van der Waals surface area contributed by atoms with Gasteiger partial charge in [0.1, 0.15) is 0 Å². The zero-order valence-corrected chi connectivity index (χ0v) is 12.0. The molecule has 1 aromatic rings. The van der Waals surface area contributed by atoms with Crippen molar-refractivity contribution in [3.8, 4) is 0 Å². The number of nitrogens with zero attached hydrogens (tertiary/aromatic N) is 2. The summed E-state index contributed by atoms with van der Waals surface area (Å²) in [4.78, 5) is 27.8. The van der Waals surface area contributed by atoms with Crippen LogP contribution in [0.4, 0.5) is 5.13 Å². The van der Waals surface area contributed by atoms with Crippen molar-refractivity contribution in [1.29, 1.82) is 0 Å². The number of hydrogen-bond donors (Lipinski definition) is 2. The number of rotatable bonds is 7. The fraction of sp³-hybridized carbons (Fsp3) is 0.500. The summed E-state index contributed by atoms with van der Waals surface area (Å²) in [5, 5.41) is 11.8. The molecule has 0 radical (unpaired) electrons. The first-order valence-corrected chi connectivity index (χ1v) is 6.51. The summed E-state index contributed by atoms with van der Waals surface area (Å²) in [6.07, 6.45) is 0. The van der Waals surface area contributed by atoms with Crippen molar-refractivity contribution in [1.82, 2.24) is 10.3 Å². The van der Waals surface area contributed by atoms with Crippen LogP contribution in [0.2, 0.25) is 5.15 Å². The molecule has 9 heteroatoms. The molecule has 2 N–H and O–H groups in total. The smallest absolute Gasteiger partial charge is 0.349 e. The lowest BCUT2D eigenvalue weighted by Crippen LogP contribution is -2.36. The first-order chi connectivity index (χ1) is 8.95. The average molecular weight is 308 g/mol. The Hall–Kier alpha value is -1.38. The van der Waals surface area contributed by atoms with Crippen LogP contribution >= 0.6 is 22.9 Å². The maximum atomic E-state index is 11.5. The highest BCUT2D eigenvalue weighted by Crippen LogP contribution is 2.28. The molecule has 0 aromatic carbocycles. The van der Waals surface area contributed by atoms with Crippen LogP contribution in [-0.2, 0) is 9.53 Å². The van der Waals surface area contributed by atoms with Gasteiger partial charge in [-0.05, 0) is 0 Å². The quantitative estimate of drug-likeness (QED) is 0.720. The lowest BCUT2D eigenvalue weighted by Gasteiger charge is -2.14. The van der Waals surface area contributed by atoms with Gasteiger partial charge in [-0.3, -0.25) is 4.79 Å². The van der Waals surface area contributed by atoms with Crippen LogP contribution in [0.25, 0.3) is 0 Å². The maximum absolute atomic E-state index is 11.5. The van der Waals surface area contributed by atoms with Crippen LogP contribution in [0, 0.1) is 0 Å². The summed E-state index contributed by atoms with van der Waals surface area (Å²) in [6, 6.07) is 0. The van der Waals surface area contributed by atoms with E-state index >= 15 is 0 Å². The van der Waals surface area contributed by atoms with E-state index in [1.165, 1.54) is 4.90 Å². The predicted octanol–water partition coefficient (Wildman–Crippen LogP) is 0.693. The number of carboxylic acid groups (broad SMARTS) is 1. The molecule has 0 aliphatic heterocycles. The van der Waals surface area contributed by atoms with Gasteiger partial charge in [-0.2, -0.15) is 0 Å². The number of methoxy groups -OCH3 is 1. The third kappa shape index (κ3) is 4.66. The minimum absolute atomic E-state index is 0.0386. The fourth-order valence-electron chi connectivity index (χ4n) is 1.22. The van der Waals surface area contributed by atoms with E-state index < -0.39 is 5.97 Å². The number of aromatic carboxylic acids is 1. The Morgan fingerprint density at radius 1 is 1.58 bits per heavy atom. The molecule has 0 unspecified atom stereocenters. The molecule has 0 aliphatic carbocycles. The van der Waals surface area contributed by atoms with Crippen molar-refractivity contribution in [2.24, 2.45) is 0 Å². The van der Waals surface area contributed by atoms with E-state index in [0.717, 1.165) is 11.3 Å². The molecule has 19 heavy (non-hydrogen) atoms. The third-order valence-electron chi connectivity index (χ3n) is 2.10. The molecule has 1 aromatic heterocycles. The number of amides is 1.